The summed E-state index contributed by atoms with van der Waals surface area (Å²) in [5.41, 5.74) is 0. The molecule has 0 aliphatic heterocycles. The Bertz CT molecular complexity index is 638. The van der Waals surface area contributed by atoms with Crippen LogP contribution in [0.15, 0.2) is 24.3 Å². The summed E-state index contributed by atoms with van der Waals surface area (Å²) in [7, 11) is 0. The molecule has 0 aromatic heterocycles. The van der Waals surface area contributed by atoms with Crippen molar-refractivity contribution in [3.05, 3.63) is 24.3 Å². The number of hydrogen-bond donors (Lipinski definition) is 5. The number of hydrogen-bond acceptors (Lipinski definition) is 5. The van der Waals surface area contributed by atoms with Gasteiger partial charge in [0.2, 0.25) is 5.91 Å². The molecule has 0 saturated carbocycles. The van der Waals surface area contributed by atoms with Crippen LogP contribution >= 0.6 is 0 Å². The molecule has 0 fully saturated rings. The number of aliphatic hydroxyl groups is 4. The Morgan fingerprint density at radius 2 is 1.07 bits per heavy atom. The van der Waals surface area contributed by atoms with Crippen molar-refractivity contribution in [3.63, 3.8) is 0 Å². The minimum absolute atomic E-state index is 0.363. The zero-order valence-corrected chi connectivity index (χ0v) is 27.5. The summed E-state index contributed by atoms with van der Waals surface area (Å²) in [6.45, 7) is 3.77. The van der Waals surface area contributed by atoms with Crippen molar-refractivity contribution in [2.75, 3.05) is 6.61 Å². The number of amides is 1. The first-order chi connectivity index (χ1) is 20.5. The van der Waals surface area contributed by atoms with Crippen molar-refractivity contribution in [1.29, 1.82) is 0 Å². The Balaban J connectivity index is 3.76. The molecule has 0 radical (unpaired) electrons. The van der Waals surface area contributed by atoms with Gasteiger partial charge >= 0.3 is 0 Å². The first-order valence-electron chi connectivity index (χ1n) is 17.7. The van der Waals surface area contributed by atoms with Gasteiger partial charge in [-0.05, 0) is 45.4 Å². The van der Waals surface area contributed by atoms with E-state index in [0.717, 1.165) is 38.5 Å². The van der Waals surface area contributed by atoms with Crippen LogP contribution in [-0.4, -0.2) is 57.3 Å². The summed E-state index contributed by atoms with van der Waals surface area (Å²) in [4.78, 5) is 12.4. The normalized spacial score (nSPS) is 14.9. The number of carbonyl (C=O) groups excluding carboxylic acids is 1. The Morgan fingerprint density at radius 3 is 1.55 bits per heavy atom. The Morgan fingerprint density at radius 1 is 0.619 bits per heavy atom. The lowest BCUT2D eigenvalue weighted by atomic mass is 10.00. The quantitative estimate of drug-likeness (QED) is 0.0411. The summed E-state index contributed by atoms with van der Waals surface area (Å²) >= 11 is 0. The fraction of sp³-hybridized carbons (Fsp3) is 0.861. The topological polar surface area (TPSA) is 110 Å². The molecule has 1 amide bonds. The standard InChI is InChI=1S/C36H69NO5/c1-3-5-7-9-11-13-14-15-16-17-18-19-20-21-22-24-26-28-30-34(40)36(42)37-32(31-38)35(41)33(39)29-27-25-23-12-10-8-6-4-2/h4,6,12,23,32-35,38-41H,3,5,7-11,13-22,24-31H2,1-2H3,(H,37,42)/b6-4+,23-12+. The number of allylic oxidation sites excluding steroid dienone is 4. The van der Waals surface area contributed by atoms with E-state index in [1.165, 1.54) is 96.3 Å². The largest absolute Gasteiger partial charge is 0.394 e. The highest BCUT2D eigenvalue weighted by atomic mass is 16.3. The van der Waals surface area contributed by atoms with Gasteiger partial charge in [0.15, 0.2) is 0 Å². The van der Waals surface area contributed by atoms with Gasteiger partial charge in [-0.3, -0.25) is 4.79 Å². The maximum atomic E-state index is 12.4. The van der Waals surface area contributed by atoms with Crippen LogP contribution in [0.25, 0.3) is 0 Å². The molecule has 0 spiro atoms. The minimum atomic E-state index is -1.28. The van der Waals surface area contributed by atoms with Gasteiger partial charge in [-0.1, -0.05) is 147 Å². The van der Waals surface area contributed by atoms with E-state index < -0.39 is 36.9 Å². The summed E-state index contributed by atoms with van der Waals surface area (Å²) in [6, 6.07) is -1.00. The summed E-state index contributed by atoms with van der Waals surface area (Å²) < 4.78 is 0. The van der Waals surface area contributed by atoms with Gasteiger partial charge in [-0.25, -0.2) is 0 Å². The van der Waals surface area contributed by atoms with Crippen molar-refractivity contribution in [3.8, 4) is 0 Å². The van der Waals surface area contributed by atoms with Gasteiger partial charge < -0.3 is 25.7 Å². The molecule has 6 nitrogen and oxygen atoms in total. The molecule has 5 N–H and O–H groups in total. The molecule has 0 saturated heterocycles. The second kappa shape index (κ2) is 31.2. The molecular weight excluding hydrogens is 526 g/mol. The van der Waals surface area contributed by atoms with E-state index in [1.807, 2.05) is 13.0 Å². The third-order valence-electron chi connectivity index (χ3n) is 8.24. The molecule has 0 aliphatic rings. The molecular formula is C36H69NO5. The second-order valence-corrected chi connectivity index (χ2v) is 12.2. The fourth-order valence-corrected chi connectivity index (χ4v) is 5.37. The zero-order chi connectivity index (χ0) is 31.1. The minimum Gasteiger partial charge on any atom is -0.394 e. The van der Waals surface area contributed by atoms with Crippen LogP contribution < -0.4 is 5.32 Å². The highest BCUT2D eigenvalue weighted by molar-refractivity contribution is 5.80. The Kier molecular flexibility index (Phi) is 30.3. The number of unbranched alkanes of at least 4 members (excludes halogenated alkanes) is 19. The molecule has 4 atom stereocenters. The van der Waals surface area contributed by atoms with Crippen LogP contribution in [0.5, 0.6) is 0 Å². The van der Waals surface area contributed by atoms with Crippen molar-refractivity contribution in [2.24, 2.45) is 0 Å². The maximum Gasteiger partial charge on any atom is 0.249 e. The van der Waals surface area contributed by atoms with Crippen LogP contribution in [0.3, 0.4) is 0 Å². The van der Waals surface area contributed by atoms with Crippen molar-refractivity contribution in [1.82, 2.24) is 5.32 Å². The molecule has 0 aromatic rings. The van der Waals surface area contributed by atoms with Gasteiger partial charge in [0, 0.05) is 0 Å². The van der Waals surface area contributed by atoms with Crippen LogP contribution in [0.1, 0.15) is 168 Å². The maximum absolute atomic E-state index is 12.4. The van der Waals surface area contributed by atoms with E-state index in [1.54, 1.807) is 0 Å². The van der Waals surface area contributed by atoms with E-state index in [2.05, 4.69) is 30.5 Å². The van der Waals surface area contributed by atoms with Crippen molar-refractivity contribution in [2.45, 2.75) is 192 Å². The van der Waals surface area contributed by atoms with Crippen LogP contribution in [-0.2, 0) is 4.79 Å². The first-order valence-corrected chi connectivity index (χ1v) is 17.7. The highest BCUT2D eigenvalue weighted by Gasteiger charge is 2.28. The highest BCUT2D eigenvalue weighted by Crippen LogP contribution is 2.15. The van der Waals surface area contributed by atoms with E-state index in [-0.39, 0.29) is 0 Å². The molecule has 0 heterocycles. The Hall–Kier alpha value is -1.21. The van der Waals surface area contributed by atoms with Gasteiger partial charge in [0.25, 0.3) is 0 Å². The molecule has 42 heavy (non-hydrogen) atoms. The number of rotatable bonds is 31. The van der Waals surface area contributed by atoms with E-state index in [0.29, 0.717) is 19.3 Å². The third kappa shape index (κ3) is 25.3. The number of nitrogens with one attached hydrogen (secondary N) is 1. The predicted molar refractivity (Wildman–Crippen MR) is 177 cm³/mol. The fourth-order valence-electron chi connectivity index (χ4n) is 5.37. The third-order valence-corrected chi connectivity index (χ3v) is 8.24. The van der Waals surface area contributed by atoms with Crippen LogP contribution in [0.4, 0.5) is 0 Å². The van der Waals surface area contributed by atoms with Crippen LogP contribution in [0, 0.1) is 0 Å². The van der Waals surface area contributed by atoms with E-state index >= 15 is 0 Å². The number of aliphatic hydroxyl groups excluding tert-OH is 4. The predicted octanol–water partition coefficient (Wildman–Crippen LogP) is 8.06. The van der Waals surface area contributed by atoms with E-state index in [9.17, 15) is 25.2 Å². The average Bonchev–Trinajstić information content (AvgIpc) is 2.99. The van der Waals surface area contributed by atoms with Gasteiger partial charge in [0.05, 0.1) is 18.8 Å². The lowest BCUT2D eigenvalue weighted by Crippen LogP contribution is -2.53. The smallest absolute Gasteiger partial charge is 0.249 e. The van der Waals surface area contributed by atoms with Crippen molar-refractivity contribution < 1.29 is 25.2 Å². The first kappa shape index (κ1) is 40.8. The Labute approximate surface area is 259 Å². The lowest BCUT2D eigenvalue weighted by molar-refractivity contribution is -0.132. The molecule has 4 unspecified atom stereocenters. The molecule has 0 aromatic carbocycles. The number of carbonyl (C=O) groups is 1. The zero-order valence-electron chi connectivity index (χ0n) is 27.5. The molecule has 0 bridgehead atoms. The molecule has 6 heteroatoms. The molecule has 0 aliphatic carbocycles. The SMILES string of the molecule is C/C=C/CC/C=C/CCCC(O)C(O)C(CO)NC(=O)C(O)CCCCCCCCCCCCCCCCCCCC. The average molecular weight is 596 g/mol. The van der Waals surface area contributed by atoms with Gasteiger partial charge in [-0.2, -0.15) is 0 Å². The van der Waals surface area contributed by atoms with Crippen molar-refractivity contribution >= 4 is 5.91 Å². The second-order valence-electron chi connectivity index (χ2n) is 12.2. The van der Waals surface area contributed by atoms with Gasteiger partial charge in [0.1, 0.15) is 12.2 Å². The molecule has 0 rings (SSSR count). The van der Waals surface area contributed by atoms with E-state index in [4.69, 9.17) is 0 Å². The summed E-state index contributed by atoms with van der Waals surface area (Å²) in [5, 5.41) is 43.1. The lowest BCUT2D eigenvalue weighted by Gasteiger charge is -2.27. The summed E-state index contributed by atoms with van der Waals surface area (Å²) in [5.74, 6) is -0.601. The summed E-state index contributed by atoms with van der Waals surface area (Å²) in [6.07, 6.45) is 32.3. The monoisotopic (exact) mass is 596 g/mol. The van der Waals surface area contributed by atoms with Gasteiger partial charge in [-0.15, -0.1) is 0 Å². The molecule has 248 valence electrons. The van der Waals surface area contributed by atoms with Crippen LogP contribution in [0.2, 0.25) is 0 Å².